The Kier molecular flexibility index (Phi) is 5.73. The third-order valence-corrected chi connectivity index (χ3v) is 3.07. The molecule has 0 spiro atoms. The minimum atomic E-state index is -0.125. The van der Waals surface area contributed by atoms with Crippen molar-refractivity contribution >= 4 is 0 Å². The van der Waals surface area contributed by atoms with E-state index in [-0.39, 0.29) is 5.72 Å². The van der Waals surface area contributed by atoms with Gasteiger partial charge in [-0.05, 0) is 39.0 Å². The normalized spacial score (nSPS) is 33.0. The molecule has 3 heteroatoms. The van der Waals surface area contributed by atoms with Crippen molar-refractivity contribution in [1.29, 1.82) is 0 Å². The Morgan fingerprint density at radius 2 is 2.00 bits per heavy atom. The molecule has 96 valence electrons. The van der Waals surface area contributed by atoms with Gasteiger partial charge in [0.1, 0.15) is 5.72 Å². The van der Waals surface area contributed by atoms with Crippen LogP contribution < -0.4 is 5.32 Å². The van der Waals surface area contributed by atoms with Crippen LogP contribution in [0.3, 0.4) is 0 Å². The Labute approximate surface area is 99.9 Å². The van der Waals surface area contributed by atoms with Crippen LogP contribution in [0.15, 0.2) is 0 Å². The third-order valence-electron chi connectivity index (χ3n) is 3.07. The van der Waals surface area contributed by atoms with Gasteiger partial charge in [0.05, 0.1) is 6.61 Å². The molecule has 0 amide bonds. The Morgan fingerprint density at radius 1 is 1.25 bits per heavy atom. The third kappa shape index (κ3) is 4.40. The quantitative estimate of drug-likeness (QED) is 0.789. The van der Waals surface area contributed by atoms with Crippen LogP contribution in [0.25, 0.3) is 0 Å². The van der Waals surface area contributed by atoms with E-state index in [2.05, 4.69) is 19.2 Å². The molecule has 0 saturated carbocycles. The maximum atomic E-state index is 5.64. The molecular formula is C13H27NO2. The zero-order valence-electron chi connectivity index (χ0n) is 11.2. The molecule has 0 unspecified atom stereocenters. The van der Waals surface area contributed by atoms with E-state index in [1.54, 1.807) is 0 Å². The van der Waals surface area contributed by atoms with E-state index in [1.807, 2.05) is 13.8 Å². The maximum absolute atomic E-state index is 5.64. The lowest BCUT2D eigenvalue weighted by Crippen LogP contribution is -2.39. The van der Waals surface area contributed by atoms with Crippen molar-refractivity contribution in [1.82, 2.24) is 5.32 Å². The molecule has 2 fully saturated rings. The van der Waals surface area contributed by atoms with Crippen molar-refractivity contribution in [3.05, 3.63) is 0 Å². The van der Waals surface area contributed by atoms with Gasteiger partial charge in [-0.1, -0.05) is 13.8 Å². The van der Waals surface area contributed by atoms with Crippen molar-refractivity contribution in [2.24, 2.45) is 5.92 Å². The molecule has 0 aromatic carbocycles. The number of ether oxygens (including phenoxy) is 2. The first-order chi connectivity index (χ1) is 7.66. The van der Waals surface area contributed by atoms with Gasteiger partial charge in [-0.25, -0.2) is 0 Å². The summed E-state index contributed by atoms with van der Waals surface area (Å²) in [6.45, 7) is 10.9. The summed E-state index contributed by atoms with van der Waals surface area (Å²) in [7, 11) is 0. The maximum Gasteiger partial charge on any atom is 0.113 e. The van der Waals surface area contributed by atoms with E-state index in [0.29, 0.717) is 6.04 Å². The van der Waals surface area contributed by atoms with Gasteiger partial charge in [0.15, 0.2) is 0 Å². The van der Waals surface area contributed by atoms with E-state index in [4.69, 9.17) is 9.47 Å². The average Bonchev–Trinajstić information content (AvgIpc) is 2.62. The van der Waals surface area contributed by atoms with E-state index in [1.165, 1.54) is 19.3 Å². The van der Waals surface area contributed by atoms with Crippen molar-refractivity contribution in [2.75, 3.05) is 19.8 Å². The molecule has 16 heavy (non-hydrogen) atoms. The van der Waals surface area contributed by atoms with Gasteiger partial charge in [0.25, 0.3) is 0 Å². The molecule has 2 rings (SSSR count). The summed E-state index contributed by atoms with van der Waals surface area (Å²) in [5.74, 6) is 0.735. The Hall–Kier alpha value is -0.120. The first kappa shape index (κ1) is 13.9. The van der Waals surface area contributed by atoms with Crippen molar-refractivity contribution < 1.29 is 9.47 Å². The molecule has 0 radical (unpaired) electrons. The summed E-state index contributed by atoms with van der Waals surface area (Å²) in [5.41, 5.74) is -0.125. The van der Waals surface area contributed by atoms with E-state index in [0.717, 1.165) is 25.7 Å². The molecule has 1 N–H and O–H groups in total. The Balaban J connectivity index is 0.000000606. The zero-order chi connectivity index (χ0) is 12.0. The van der Waals surface area contributed by atoms with Crippen LogP contribution in [0.2, 0.25) is 0 Å². The number of hydrogen-bond donors (Lipinski definition) is 1. The SMILES string of the molecule is CC.CC1(C)N[C@@H](C[C@H]2CCCOC2)CO1. The predicted molar refractivity (Wildman–Crippen MR) is 66.5 cm³/mol. The number of nitrogens with one attached hydrogen (secondary N) is 1. The van der Waals surface area contributed by atoms with Gasteiger partial charge in [-0.3, -0.25) is 5.32 Å². The second-order valence-electron chi connectivity index (χ2n) is 4.98. The molecule has 0 aromatic rings. The van der Waals surface area contributed by atoms with Crippen LogP contribution in [-0.4, -0.2) is 31.6 Å². The second kappa shape index (κ2) is 6.58. The fraction of sp³-hybridized carbons (Fsp3) is 1.00. The summed E-state index contributed by atoms with van der Waals surface area (Å²) < 4.78 is 11.1. The van der Waals surface area contributed by atoms with Crippen LogP contribution in [0, 0.1) is 5.92 Å². The molecule has 2 atom stereocenters. The van der Waals surface area contributed by atoms with E-state index in [9.17, 15) is 0 Å². The van der Waals surface area contributed by atoms with Crippen LogP contribution in [0.4, 0.5) is 0 Å². The van der Waals surface area contributed by atoms with E-state index < -0.39 is 0 Å². The standard InChI is InChI=1S/C11H21NO2.C2H6/c1-11(2)12-10(8-14-11)6-9-4-3-5-13-7-9;1-2/h9-10,12H,3-8H2,1-2H3;1-2H3/t9-,10+;/m1./s1. The highest BCUT2D eigenvalue weighted by Gasteiger charge is 2.32. The lowest BCUT2D eigenvalue weighted by Gasteiger charge is -2.25. The first-order valence-corrected chi connectivity index (χ1v) is 6.65. The highest BCUT2D eigenvalue weighted by molar-refractivity contribution is 4.84. The monoisotopic (exact) mass is 229 g/mol. The number of rotatable bonds is 2. The predicted octanol–water partition coefficient (Wildman–Crippen LogP) is 2.55. The highest BCUT2D eigenvalue weighted by atomic mass is 16.5. The molecule has 2 aliphatic rings. The Bertz CT molecular complexity index is 188. The lowest BCUT2D eigenvalue weighted by atomic mass is 9.95. The van der Waals surface area contributed by atoms with Crippen molar-refractivity contribution in [2.45, 2.75) is 58.7 Å². The number of hydrogen-bond acceptors (Lipinski definition) is 3. The molecule has 2 aliphatic heterocycles. The van der Waals surface area contributed by atoms with E-state index >= 15 is 0 Å². The molecular weight excluding hydrogens is 202 g/mol. The fourth-order valence-corrected chi connectivity index (χ4v) is 2.41. The molecule has 2 heterocycles. The molecule has 0 bridgehead atoms. The molecule has 0 aromatic heterocycles. The molecule has 0 aliphatic carbocycles. The topological polar surface area (TPSA) is 30.5 Å². The smallest absolute Gasteiger partial charge is 0.113 e. The zero-order valence-corrected chi connectivity index (χ0v) is 11.2. The highest BCUT2D eigenvalue weighted by Crippen LogP contribution is 2.23. The summed E-state index contributed by atoms with van der Waals surface area (Å²) >= 11 is 0. The van der Waals surface area contributed by atoms with Crippen LogP contribution in [0.1, 0.15) is 47.0 Å². The van der Waals surface area contributed by atoms with Gasteiger partial charge in [0.2, 0.25) is 0 Å². The van der Waals surface area contributed by atoms with Gasteiger partial charge in [-0.15, -0.1) is 0 Å². The van der Waals surface area contributed by atoms with Crippen molar-refractivity contribution in [3.63, 3.8) is 0 Å². The minimum Gasteiger partial charge on any atom is -0.381 e. The largest absolute Gasteiger partial charge is 0.381 e. The van der Waals surface area contributed by atoms with Gasteiger partial charge in [-0.2, -0.15) is 0 Å². The second-order valence-corrected chi connectivity index (χ2v) is 4.98. The van der Waals surface area contributed by atoms with Crippen LogP contribution >= 0.6 is 0 Å². The molecule has 2 saturated heterocycles. The van der Waals surface area contributed by atoms with Gasteiger partial charge in [0, 0.05) is 19.3 Å². The summed E-state index contributed by atoms with van der Waals surface area (Å²) in [4.78, 5) is 0. The summed E-state index contributed by atoms with van der Waals surface area (Å²) in [6, 6.07) is 0.525. The lowest BCUT2D eigenvalue weighted by molar-refractivity contribution is 0.0227. The van der Waals surface area contributed by atoms with Crippen molar-refractivity contribution in [3.8, 4) is 0 Å². The Morgan fingerprint density at radius 3 is 2.50 bits per heavy atom. The summed E-state index contributed by atoms with van der Waals surface area (Å²) in [5, 5.41) is 3.50. The van der Waals surface area contributed by atoms with Gasteiger partial charge >= 0.3 is 0 Å². The van der Waals surface area contributed by atoms with Gasteiger partial charge < -0.3 is 9.47 Å². The van der Waals surface area contributed by atoms with Crippen LogP contribution in [-0.2, 0) is 9.47 Å². The first-order valence-electron chi connectivity index (χ1n) is 6.65. The molecule has 3 nitrogen and oxygen atoms in total. The fourth-order valence-electron chi connectivity index (χ4n) is 2.41. The van der Waals surface area contributed by atoms with Crippen LogP contribution in [0.5, 0.6) is 0 Å². The average molecular weight is 229 g/mol. The summed E-state index contributed by atoms with van der Waals surface area (Å²) in [6.07, 6.45) is 3.74. The minimum absolute atomic E-state index is 0.125.